The molecule has 1 saturated heterocycles. The van der Waals surface area contributed by atoms with Gasteiger partial charge in [0.1, 0.15) is 0 Å². The topological polar surface area (TPSA) is 62.5 Å². The van der Waals surface area contributed by atoms with Gasteiger partial charge < -0.3 is 14.2 Å². The first-order valence-electron chi connectivity index (χ1n) is 7.99. The van der Waals surface area contributed by atoms with E-state index in [4.69, 9.17) is 4.42 Å². The monoisotopic (exact) mass is 314 g/mol. The van der Waals surface area contributed by atoms with Crippen LogP contribution in [0, 0.1) is 6.92 Å². The SMILES string of the molecule is Cc1cccc(C(=O)N2CCN(c3nnc(C(C)C)o3)CC2)c1. The molecule has 1 aromatic heterocycles. The highest BCUT2D eigenvalue weighted by Crippen LogP contribution is 2.20. The fraction of sp³-hybridized carbons (Fsp3) is 0.471. The van der Waals surface area contributed by atoms with E-state index in [2.05, 4.69) is 10.2 Å². The van der Waals surface area contributed by atoms with Crippen LogP contribution in [-0.2, 0) is 0 Å². The quantitative estimate of drug-likeness (QED) is 0.871. The van der Waals surface area contributed by atoms with E-state index in [1.54, 1.807) is 0 Å². The maximum atomic E-state index is 12.5. The lowest BCUT2D eigenvalue weighted by atomic mass is 10.1. The number of anilines is 1. The van der Waals surface area contributed by atoms with Crippen LogP contribution >= 0.6 is 0 Å². The van der Waals surface area contributed by atoms with E-state index in [1.165, 1.54) is 0 Å². The minimum Gasteiger partial charge on any atom is -0.408 e. The van der Waals surface area contributed by atoms with E-state index in [0.717, 1.165) is 11.1 Å². The molecule has 1 aromatic carbocycles. The van der Waals surface area contributed by atoms with E-state index in [9.17, 15) is 4.79 Å². The predicted octanol–water partition coefficient (Wildman–Crippen LogP) is 2.46. The van der Waals surface area contributed by atoms with Crippen LogP contribution < -0.4 is 4.90 Å². The molecule has 6 nitrogen and oxygen atoms in total. The number of amides is 1. The van der Waals surface area contributed by atoms with Crippen molar-refractivity contribution in [1.29, 1.82) is 0 Å². The van der Waals surface area contributed by atoms with Crippen molar-refractivity contribution < 1.29 is 9.21 Å². The van der Waals surface area contributed by atoms with Crippen molar-refractivity contribution in [2.75, 3.05) is 31.1 Å². The average molecular weight is 314 g/mol. The number of aryl methyl sites for hydroxylation is 1. The number of carbonyl (C=O) groups is 1. The molecule has 0 N–H and O–H groups in total. The summed E-state index contributed by atoms with van der Waals surface area (Å²) in [5.74, 6) is 0.959. The second kappa shape index (κ2) is 6.40. The van der Waals surface area contributed by atoms with Gasteiger partial charge in [-0.3, -0.25) is 4.79 Å². The summed E-state index contributed by atoms with van der Waals surface area (Å²) in [5, 5.41) is 8.17. The highest BCUT2D eigenvalue weighted by Gasteiger charge is 2.25. The molecule has 23 heavy (non-hydrogen) atoms. The van der Waals surface area contributed by atoms with E-state index >= 15 is 0 Å². The fourth-order valence-corrected chi connectivity index (χ4v) is 2.65. The molecule has 0 unspecified atom stereocenters. The van der Waals surface area contributed by atoms with Crippen LogP contribution in [0.1, 0.15) is 41.6 Å². The molecule has 2 heterocycles. The van der Waals surface area contributed by atoms with Gasteiger partial charge in [-0.05, 0) is 19.1 Å². The smallest absolute Gasteiger partial charge is 0.318 e. The van der Waals surface area contributed by atoms with Crippen LogP contribution in [0.4, 0.5) is 6.01 Å². The molecule has 6 heteroatoms. The summed E-state index contributed by atoms with van der Waals surface area (Å²) in [6.07, 6.45) is 0. The van der Waals surface area contributed by atoms with E-state index in [1.807, 2.05) is 54.8 Å². The molecular formula is C17H22N4O2. The van der Waals surface area contributed by atoms with Crippen LogP contribution in [-0.4, -0.2) is 47.2 Å². The molecule has 0 saturated carbocycles. The molecule has 2 aromatic rings. The Kier molecular flexibility index (Phi) is 4.32. The van der Waals surface area contributed by atoms with Gasteiger partial charge in [0.15, 0.2) is 0 Å². The maximum absolute atomic E-state index is 12.5. The number of piperazine rings is 1. The lowest BCUT2D eigenvalue weighted by Crippen LogP contribution is -2.49. The van der Waals surface area contributed by atoms with Crippen molar-refractivity contribution in [1.82, 2.24) is 15.1 Å². The minimum absolute atomic E-state index is 0.0850. The average Bonchev–Trinajstić information content (AvgIpc) is 3.04. The van der Waals surface area contributed by atoms with Gasteiger partial charge in [0.25, 0.3) is 5.91 Å². The third-order valence-corrected chi connectivity index (χ3v) is 4.03. The molecule has 1 aliphatic heterocycles. The van der Waals surface area contributed by atoms with E-state index < -0.39 is 0 Å². The van der Waals surface area contributed by atoms with Crippen molar-refractivity contribution in [2.45, 2.75) is 26.7 Å². The zero-order valence-electron chi connectivity index (χ0n) is 13.8. The fourth-order valence-electron chi connectivity index (χ4n) is 2.65. The Morgan fingerprint density at radius 2 is 1.91 bits per heavy atom. The van der Waals surface area contributed by atoms with Gasteiger partial charge in [0, 0.05) is 37.7 Å². The third-order valence-electron chi connectivity index (χ3n) is 4.03. The van der Waals surface area contributed by atoms with E-state index in [-0.39, 0.29) is 11.8 Å². The van der Waals surface area contributed by atoms with Gasteiger partial charge in [-0.15, -0.1) is 5.10 Å². The van der Waals surface area contributed by atoms with Gasteiger partial charge >= 0.3 is 6.01 Å². The lowest BCUT2D eigenvalue weighted by Gasteiger charge is -2.33. The number of benzene rings is 1. The summed E-state index contributed by atoms with van der Waals surface area (Å²) in [4.78, 5) is 16.5. The van der Waals surface area contributed by atoms with Crippen molar-refractivity contribution in [3.63, 3.8) is 0 Å². The Hall–Kier alpha value is -2.37. The first-order valence-corrected chi connectivity index (χ1v) is 7.99. The zero-order chi connectivity index (χ0) is 16.4. The van der Waals surface area contributed by atoms with Crippen LogP contribution in [0.25, 0.3) is 0 Å². The first-order chi connectivity index (χ1) is 11.0. The van der Waals surface area contributed by atoms with Crippen molar-refractivity contribution in [2.24, 2.45) is 0 Å². The summed E-state index contributed by atoms with van der Waals surface area (Å²) >= 11 is 0. The number of carbonyl (C=O) groups excluding carboxylic acids is 1. The summed E-state index contributed by atoms with van der Waals surface area (Å²) in [6.45, 7) is 8.77. The summed E-state index contributed by atoms with van der Waals surface area (Å²) in [7, 11) is 0. The second-order valence-electron chi connectivity index (χ2n) is 6.23. The Bertz CT molecular complexity index is 687. The third kappa shape index (κ3) is 3.36. The lowest BCUT2D eigenvalue weighted by molar-refractivity contribution is 0.0745. The van der Waals surface area contributed by atoms with Gasteiger partial charge in [-0.25, -0.2) is 0 Å². The van der Waals surface area contributed by atoms with Crippen molar-refractivity contribution in [3.05, 3.63) is 41.3 Å². The summed E-state index contributed by atoms with van der Waals surface area (Å²) in [5.41, 5.74) is 1.85. The molecule has 122 valence electrons. The van der Waals surface area contributed by atoms with Gasteiger partial charge in [0.05, 0.1) is 0 Å². The number of rotatable bonds is 3. The number of hydrogen-bond acceptors (Lipinski definition) is 5. The normalized spacial score (nSPS) is 15.3. The van der Waals surface area contributed by atoms with Crippen LogP contribution in [0.5, 0.6) is 0 Å². The second-order valence-corrected chi connectivity index (χ2v) is 6.23. The maximum Gasteiger partial charge on any atom is 0.318 e. The highest BCUT2D eigenvalue weighted by molar-refractivity contribution is 5.94. The van der Waals surface area contributed by atoms with Gasteiger partial charge in [-0.1, -0.05) is 36.6 Å². The predicted molar refractivity (Wildman–Crippen MR) is 87.7 cm³/mol. The summed E-state index contributed by atoms with van der Waals surface area (Å²) < 4.78 is 5.68. The standard InChI is InChI=1S/C17H22N4O2/c1-12(2)15-18-19-17(23-15)21-9-7-20(8-10-21)16(22)14-6-4-5-13(3)11-14/h4-6,11-12H,7-10H2,1-3H3. The highest BCUT2D eigenvalue weighted by atomic mass is 16.4. The van der Waals surface area contributed by atoms with E-state index in [0.29, 0.717) is 38.1 Å². The molecule has 0 radical (unpaired) electrons. The molecule has 1 aliphatic rings. The molecule has 0 aliphatic carbocycles. The molecule has 0 atom stereocenters. The Morgan fingerprint density at radius 1 is 1.17 bits per heavy atom. The van der Waals surface area contributed by atoms with Crippen molar-refractivity contribution in [3.8, 4) is 0 Å². The Labute approximate surface area is 136 Å². The molecule has 1 amide bonds. The number of hydrogen-bond donors (Lipinski definition) is 0. The van der Waals surface area contributed by atoms with Crippen LogP contribution in [0.3, 0.4) is 0 Å². The molecule has 3 rings (SSSR count). The zero-order valence-corrected chi connectivity index (χ0v) is 13.8. The molecule has 1 fully saturated rings. The Morgan fingerprint density at radius 3 is 2.52 bits per heavy atom. The van der Waals surface area contributed by atoms with Gasteiger partial charge in [0.2, 0.25) is 5.89 Å². The number of nitrogens with zero attached hydrogens (tertiary/aromatic N) is 4. The van der Waals surface area contributed by atoms with Gasteiger partial charge in [-0.2, -0.15) is 0 Å². The molecule has 0 bridgehead atoms. The van der Waals surface area contributed by atoms with Crippen LogP contribution in [0.2, 0.25) is 0 Å². The largest absolute Gasteiger partial charge is 0.408 e. The summed E-state index contributed by atoms with van der Waals surface area (Å²) in [6, 6.07) is 8.27. The molecule has 0 spiro atoms. The minimum atomic E-state index is 0.0850. The first kappa shape index (κ1) is 15.5. The van der Waals surface area contributed by atoms with Crippen molar-refractivity contribution >= 4 is 11.9 Å². The Balaban J connectivity index is 1.62. The molecular weight excluding hydrogens is 292 g/mol. The number of aromatic nitrogens is 2. The van der Waals surface area contributed by atoms with Crippen LogP contribution in [0.15, 0.2) is 28.7 Å².